The molecule has 5 nitrogen and oxygen atoms in total. The van der Waals surface area contributed by atoms with Gasteiger partial charge in [-0.1, -0.05) is 0 Å². The lowest BCUT2D eigenvalue weighted by Gasteiger charge is -2.19. The number of hydrogen-bond acceptors (Lipinski definition) is 4. The zero-order chi connectivity index (χ0) is 12.4. The van der Waals surface area contributed by atoms with Crippen molar-refractivity contribution in [1.29, 1.82) is 0 Å². The Morgan fingerprint density at radius 1 is 1.44 bits per heavy atom. The second-order valence-electron chi connectivity index (χ2n) is 4.74. The van der Waals surface area contributed by atoms with Crippen LogP contribution in [-0.4, -0.2) is 28.5 Å². The molecule has 0 saturated carbocycles. The van der Waals surface area contributed by atoms with Crippen molar-refractivity contribution in [3.05, 3.63) is 18.2 Å². The molecule has 6 heteroatoms. The third-order valence-electron chi connectivity index (χ3n) is 2.45. The molecule has 0 radical (unpaired) electrons. The SMILES string of the molecule is CC(C)(C)S(=O)(=O)CCn1cnc(CN)c1. The van der Waals surface area contributed by atoms with Crippen LogP contribution >= 0.6 is 0 Å². The van der Waals surface area contributed by atoms with Gasteiger partial charge in [-0.2, -0.15) is 0 Å². The van der Waals surface area contributed by atoms with Gasteiger partial charge in [0.05, 0.1) is 22.5 Å². The molecule has 0 aliphatic carbocycles. The van der Waals surface area contributed by atoms with Crippen molar-refractivity contribution in [2.45, 2.75) is 38.6 Å². The minimum absolute atomic E-state index is 0.122. The van der Waals surface area contributed by atoms with E-state index in [2.05, 4.69) is 4.98 Å². The molecule has 16 heavy (non-hydrogen) atoms. The summed E-state index contributed by atoms with van der Waals surface area (Å²) in [5.74, 6) is 0.122. The Balaban J connectivity index is 2.65. The zero-order valence-corrected chi connectivity index (χ0v) is 10.8. The van der Waals surface area contributed by atoms with Crippen molar-refractivity contribution in [1.82, 2.24) is 9.55 Å². The number of nitrogens with zero attached hydrogens (tertiary/aromatic N) is 2. The first kappa shape index (κ1) is 13.2. The quantitative estimate of drug-likeness (QED) is 0.840. The maximum atomic E-state index is 11.8. The van der Waals surface area contributed by atoms with E-state index in [1.54, 1.807) is 37.9 Å². The average Bonchev–Trinajstić information content (AvgIpc) is 2.60. The summed E-state index contributed by atoms with van der Waals surface area (Å²) in [5.41, 5.74) is 6.19. The molecule has 0 fully saturated rings. The highest BCUT2D eigenvalue weighted by atomic mass is 32.2. The molecule has 0 spiro atoms. The summed E-state index contributed by atoms with van der Waals surface area (Å²) < 4.78 is 24.7. The van der Waals surface area contributed by atoms with Crippen LogP contribution in [-0.2, 0) is 22.9 Å². The van der Waals surface area contributed by atoms with Crippen LogP contribution in [0.2, 0.25) is 0 Å². The van der Waals surface area contributed by atoms with E-state index in [0.29, 0.717) is 13.1 Å². The minimum atomic E-state index is -3.07. The number of imidazole rings is 1. The van der Waals surface area contributed by atoms with Crippen molar-refractivity contribution in [3.63, 3.8) is 0 Å². The average molecular weight is 245 g/mol. The van der Waals surface area contributed by atoms with Crippen LogP contribution in [0.15, 0.2) is 12.5 Å². The monoisotopic (exact) mass is 245 g/mol. The van der Waals surface area contributed by atoms with Crippen LogP contribution in [0.3, 0.4) is 0 Å². The molecule has 1 heterocycles. The Bertz CT molecular complexity index is 443. The third-order valence-corrected chi connectivity index (χ3v) is 5.03. The highest BCUT2D eigenvalue weighted by molar-refractivity contribution is 7.92. The highest BCUT2D eigenvalue weighted by Crippen LogP contribution is 2.16. The molecule has 0 saturated heterocycles. The van der Waals surface area contributed by atoms with E-state index >= 15 is 0 Å². The van der Waals surface area contributed by atoms with Crippen LogP contribution in [0.1, 0.15) is 26.5 Å². The van der Waals surface area contributed by atoms with Crippen molar-refractivity contribution in [2.75, 3.05) is 5.75 Å². The standard InChI is InChI=1S/C10H19N3O2S/c1-10(2,3)16(14,15)5-4-13-7-9(6-11)12-8-13/h7-8H,4-6,11H2,1-3H3. The van der Waals surface area contributed by atoms with Gasteiger partial charge in [0.25, 0.3) is 0 Å². The summed E-state index contributed by atoms with van der Waals surface area (Å²) in [6.07, 6.45) is 3.39. The first-order chi connectivity index (χ1) is 7.26. The molecule has 92 valence electrons. The van der Waals surface area contributed by atoms with Crippen LogP contribution < -0.4 is 5.73 Å². The van der Waals surface area contributed by atoms with Gasteiger partial charge in [-0.3, -0.25) is 0 Å². The summed E-state index contributed by atoms with van der Waals surface area (Å²) in [7, 11) is -3.07. The number of aryl methyl sites for hydroxylation is 1. The van der Waals surface area contributed by atoms with E-state index in [1.807, 2.05) is 0 Å². The number of hydrogen-bond donors (Lipinski definition) is 1. The van der Waals surface area contributed by atoms with Gasteiger partial charge in [-0.05, 0) is 20.8 Å². The summed E-state index contributed by atoms with van der Waals surface area (Å²) in [6.45, 7) is 5.93. The fraction of sp³-hybridized carbons (Fsp3) is 0.700. The summed E-state index contributed by atoms with van der Waals surface area (Å²) in [5, 5.41) is 0. The molecule has 0 atom stereocenters. The van der Waals surface area contributed by atoms with E-state index in [4.69, 9.17) is 5.73 Å². The molecule has 1 aromatic heterocycles. The molecule has 0 aliphatic heterocycles. The number of sulfone groups is 1. The number of rotatable bonds is 4. The number of aromatic nitrogens is 2. The Kier molecular flexibility index (Phi) is 3.75. The first-order valence-electron chi connectivity index (χ1n) is 5.19. The molecule has 2 N–H and O–H groups in total. The Labute approximate surface area is 96.6 Å². The van der Waals surface area contributed by atoms with E-state index in [0.717, 1.165) is 5.69 Å². The van der Waals surface area contributed by atoms with E-state index < -0.39 is 14.6 Å². The molecule has 0 unspecified atom stereocenters. The third kappa shape index (κ3) is 3.05. The minimum Gasteiger partial charge on any atom is -0.336 e. The number of nitrogens with two attached hydrogens (primary N) is 1. The van der Waals surface area contributed by atoms with Crippen LogP contribution in [0.4, 0.5) is 0 Å². The highest BCUT2D eigenvalue weighted by Gasteiger charge is 2.28. The van der Waals surface area contributed by atoms with Gasteiger partial charge in [0.15, 0.2) is 9.84 Å². The normalized spacial score (nSPS) is 13.0. The molecule has 0 aliphatic rings. The summed E-state index contributed by atoms with van der Waals surface area (Å²) >= 11 is 0. The van der Waals surface area contributed by atoms with Crippen LogP contribution in [0.25, 0.3) is 0 Å². The van der Waals surface area contributed by atoms with Gasteiger partial charge in [0.2, 0.25) is 0 Å². The van der Waals surface area contributed by atoms with E-state index in [9.17, 15) is 8.42 Å². The van der Waals surface area contributed by atoms with E-state index in [1.165, 1.54) is 0 Å². The molecule has 1 aromatic rings. The van der Waals surface area contributed by atoms with Gasteiger partial charge >= 0.3 is 0 Å². The second kappa shape index (κ2) is 4.55. The largest absolute Gasteiger partial charge is 0.336 e. The lowest BCUT2D eigenvalue weighted by atomic mass is 10.3. The van der Waals surface area contributed by atoms with Crippen LogP contribution in [0.5, 0.6) is 0 Å². The lowest BCUT2D eigenvalue weighted by molar-refractivity contribution is 0.553. The fourth-order valence-electron chi connectivity index (χ4n) is 1.17. The van der Waals surface area contributed by atoms with Gasteiger partial charge in [0.1, 0.15) is 0 Å². The van der Waals surface area contributed by atoms with Crippen molar-refractivity contribution >= 4 is 9.84 Å². The predicted octanol–water partition coefficient (Wildman–Crippen LogP) is 0.555. The Morgan fingerprint density at radius 3 is 2.50 bits per heavy atom. The van der Waals surface area contributed by atoms with Gasteiger partial charge in [-0.25, -0.2) is 13.4 Å². The maximum Gasteiger partial charge on any atom is 0.156 e. The second-order valence-corrected chi connectivity index (χ2v) is 7.60. The predicted molar refractivity (Wildman–Crippen MR) is 63.7 cm³/mol. The first-order valence-corrected chi connectivity index (χ1v) is 6.84. The fourth-order valence-corrected chi connectivity index (χ4v) is 2.23. The summed E-state index contributed by atoms with van der Waals surface area (Å²) in [4.78, 5) is 4.04. The maximum absolute atomic E-state index is 11.8. The van der Waals surface area contributed by atoms with Crippen molar-refractivity contribution in [2.24, 2.45) is 5.73 Å². The van der Waals surface area contributed by atoms with Gasteiger partial charge in [0, 0.05) is 19.3 Å². The Hall–Kier alpha value is -0.880. The molecule has 0 amide bonds. The summed E-state index contributed by atoms with van der Waals surface area (Å²) in [6, 6.07) is 0. The van der Waals surface area contributed by atoms with E-state index in [-0.39, 0.29) is 5.75 Å². The topological polar surface area (TPSA) is 78.0 Å². The van der Waals surface area contributed by atoms with Crippen molar-refractivity contribution in [3.8, 4) is 0 Å². The smallest absolute Gasteiger partial charge is 0.156 e. The zero-order valence-electron chi connectivity index (χ0n) is 9.97. The lowest BCUT2D eigenvalue weighted by Crippen LogP contribution is -2.31. The Morgan fingerprint density at radius 2 is 2.06 bits per heavy atom. The molecular weight excluding hydrogens is 226 g/mol. The van der Waals surface area contributed by atoms with Gasteiger partial charge in [-0.15, -0.1) is 0 Å². The van der Waals surface area contributed by atoms with Crippen molar-refractivity contribution < 1.29 is 8.42 Å². The molecule has 0 aromatic carbocycles. The van der Waals surface area contributed by atoms with Crippen LogP contribution in [0, 0.1) is 0 Å². The molecular formula is C10H19N3O2S. The molecule has 0 bridgehead atoms. The molecule has 1 rings (SSSR count). The van der Waals surface area contributed by atoms with Gasteiger partial charge < -0.3 is 10.3 Å².